The van der Waals surface area contributed by atoms with E-state index in [0.29, 0.717) is 18.1 Å². The van der Waals surface area contributed by atoms with Gasteiger partial charge in [-0.3, -0.25) is 0 Å². The molecule has 1 unspecified atom stereocenters. The highest BCUT2D eigenvalue weighted by Gasteiger charge is 2.00. The molecule has 0 bridgehead atoms. The van der Waals surface area contributed by atoms with Crippen molar-refractivity contribution < 1.29 is 14.6 Å². The Hall–Kier alpha value is -1.35. The molecule has 0 radical (unpaired) electrons. The smallest absolute Gasteiger partial charge is 0.337 e. The summed E-state index contributed by atoms with van der Waals surface area (Å²) in [5.74, 6) is 0.200. The molecule has 3 heteroatoms. The number of hydrogen-bond donors (Lipinski definition) is 1. The maximum absolute atomic E-state index is 10.8. The van der Waals surface area contributed by atoms with Crippen LogP contribution in [-0.4, -0.2) is 24.8 Å². The molecule has 0 spiro atoms. The lowest BCUT2D eigenvalue weighted by Gasteiger charge is -1.98. The summed E-state index contributed by atoms with van der Waals surface area (Å²) in [6.07, 6.45) is 1.08. The SMILES string of the molecule is CCC(C)CO.COC(=O)c1ccccc1. The van der Waals surface area contributed by atoms with Crippen LogP contribution in [0, 0.1) is 5.92 Å². The second-order valence-corrected chi connectivity index (χ2v) is 3.55. The fourth-order valence-corrected chi connectivity index (χ4v) is 0.821. The molecule has 16 heavy (non-hydrogen) atoms. The molecule has 0 saturated heterocycles. The van der Waals surface area contributed by atoms with Gasteiger partial charge in [-0.2, -0.15) is 0 Å². The van der Waals surface area contributed by atoms with Crippen molar-refractivity contribution in [2.45, 2.75) is 20.3 Å². The Labute approximate surface area is 97.1 Å². The lowest BCUT2D eigenvalue weighted by atomic mass is 10.1. The van der Waals surface area contributed by atoms with Gasteiger partial charge in [-0.1, -0.05) is 38.5 Å². The number of aliphatic hydroxyl groups is 1. The predicted octanol–water partition coefficient (Wildman–Crippen LogP) is 2.50. The molecule has 1 N–H and O–H groups in total. The lowest BCUT2D eigenvalue weighted by molar-refractivity contribution is 0.0600. The molecule has 90 valence electrons. The third-order valence-electron chi connectivity index (χ3n) is 2.20. The zero-order valence-electron chi connectivity index (χ0n) is 10.1. The van der Waals surface area contributed by atoms with Gasteiger partial charge in [0.25, 0.3) is 0 Å². The van der Waals surface area contributed by atoms with Crippen molar-refractivity contribution in [3.05, 3.63) is 35.9 Å². The topological polar surface area (TPSA) is 46.5 Å². The number of methoxy groups -OCH3 is 1. The fourth-order valence-electron chi connectivity index (χ4n) is 0.821. The third kappa shape index (κ3) is 6.19. The number of rotatable bonds is 3. The molecule has 3 nitrogen and oxygen atoms in total. The van der Waals surface area contributed by atoms with Crippen molar-refractivity contribution in [2.75, 3.05) is 13.7 Å². The van der Waals surface area contributed by atoms with E-state index in [-0.39, 0.29) is 5.97 Å². The van der Waals surface area contributed by atoms with E-state index in [2.05, 4.69) is 11.7 Å². The molecule has 0 aliphatic heterocycles. The van der Waals surface area contributed by atoms with Crippen LogP contribution < -0.4 is 0 Å². The zero-order chi connectivity index (χ0) is 12.4. The van der Waals surface area contributed by atoms with Gasteiger partial charge < -0.3 is 9.84 Å². The summed E-state index contributed by atoms with van der Waals surface area (Å²) in [7, 11) is 1.37. The van der Waals surface area contributed by atoms with E-state index in [9.17, 15) is 4.79 Å². The summed E-state index contributed by atoms with van der Waals surface area (Å²) in [6.45, 7) is 4.43. The Morgan fingerprint density at radius 3 is 2.25 bits per heavy atom. The van der Waals surface area contributed by atoms with E-state index >= 15 is 0 Å². The zero-order valence-corrected chi connectivity index (χ0v) is 10.1. The van der Waals surface area contributed by atoms with Crippen molar-refractivity contribution in [1.29, 1.82) is 0 Å². The maximum Gasteiger partial charge on any atom is 0.337 e. The van der Waals surface area contributed by atoms with Gasteiger partial charge in [-0.25, -0.2) is 4.79 Å². The summed E-state index contributed by atoms with van der Waals surface area (Å²) >= 11 is 0. The molecule has 1 aromatic carbocycles. The van der Waals surface area contributed by atoms with E-state index in [4.69, 9.17) is 5.11 Å². The summed E-state index contributed by atoms with van der Waals surface area (Å²) in [5, 5.41) is 8.33. The normalized spacial score (nSPS) is 11.0. The number of ether oxygens (including phenoxy) is 1. The van der Waals surface area contributed by atoms with Crippen LogP contribution in [0.3, 0.4) is 0 Å². The first-order valence-electron chi connectivity index (χ1n) is 5.39. The number of carbonyl (C=O) groups excluding carboxylic acids is 1. The largest absolute Gasteiger partial charge is 0.465 e. The highest BCUT2D eigenvalue weighted by Crippen LogP contribution is 1.98. The number of hydrogen-bond acceptors (Lipinski definition) is 3. The Kier molecular flexibility index (Phi) is 8.17. The van der Waals surface area contributed by atoms with Crippen molar-refractivity contribution in [2.24, 2.45) is 5.92 Å². The number of esters is 1. The van der Waals surface area contributed by atoms with Gasteiger partial charge in [-0.05, 0) is 18.1 Å². The van der Waals surface area contributed by atoms with Gasteiger partial charge in [-0.15, -0.1) is 0 Å². The minimum atomic E-state index is -0.291. The first kappa shape index (κ1) is 14.6. The van der Waals surface area contributed by atoms with E-state index in [1.54, 1.807) is 24.3 Å². The molecule has 0 aromatic heterocycles. The van der Waals surface area contributed by atoms with Crippen molar-refractivity contribution >= 4 is 5.97 Å². The first-order chi connectivity index (χ1) is 7.65. The van der Waals surface area contributed by atoms with Gasteiger partial charge in [0.05, 0.1) is 12.7 Å². The highest BCUT2D eigenvalue weighted by molar-refractivity contribution is 5.89. The van der Waals surface area contributed by atoms with E-state index in [1.165, 1.54) is 7.11 Å². The Morgan fingerprint density at radius 2 is 1.94 bits per heavy atom. The molecular formula is C13H20O3. The second-order valence-electron chi connectivity index (χ2n) is 3.55. The fraction of sp³-hybridized carbons (Fsp3) is 0.462. The first-order valence-corrected chi connectivity index (χ1v) is 5.39. The quantitative estimate of drug-likeness (QED) is 0.802. The number of benzene rings is 1. The van der Waals surface area contributed by atoms with Crippen molar-refractivity contribution in [3.8, 4) is 0 Å². The minimum Gasteiger partial charge on any atom is -0.465 e. The Morgan fingerprint density at radius 1 is 1.38 bits per heavy atom. The molecule has 1 aromatic rings. The van der Waals surface area contributed by atoms with Crippen LogP contribution >= 0.6 is 0 Å². The van der Waals surface area contributed by atoms with Crippen LogP contribution in [-0.2, 0) is 4.74 Å². The molecule has 0 amide bonds. The Bertz CT molecular complexity index is 278. The molecule has 1 rings (SSSR count). The van der Waals surface area contributed by atoms with Gasteiger partial charge in [0, 0.05) is 6.61 Å². The molecular weight excluding hydrogens is 204 g/mol. The van der Waals surface area contributed by atoms with Gasteiger partial charge in [0.2, 0.25) is 0 Å². The van der Waals surface area contributed by atoms with Gasteiger partial charge in [0.1, 0.15) is 0 Å². The lowest BCUT2D eigenvalue weighted by Crippen LogP contribution is -1.99. The van der Waals surface area contributed by atoms with Crippen LogP contribution in [0.4, 0.5) is 0 Å². The van der Waals surface area contributed by atoms with Crippen LogP contribution in [0.5, 0.6) is 0 Å². The summed E-state index contributed by atoms with van der Waals surface area (Å²) in [4.78, 5) is 10.8. The molecule has 0 fully saturated rings. The van der Waals surface area contributed by atoms with Crippen molar-refractivity contribution in [1.82, 2.24) is 0 Å². The summed E-state index contributed by atoms with van der Waals surface area (Å²) < 4.78 is 4.50. The number of aliphatic hydroxyl groups excluding tert-OH is 1. The van der Waals surface area contributed by atoms with E-state index in [0.717, 1.165) is 6.42 Å². The summed E-state index contributed by atoms with van der Waals surface area (Å²) in [6, 6.07) is 8.88. The standard InChI is InChI=1S/C8H8O2.C5H12O/c1-10-8(9)7-5-3-2-4-6-7;1-3-5(2)4-6/h2-6H,1H3;5-6H,3-4H2,1-2H3. The summed E-state index contributed by atoms with van der Waals surface area (Å²) in [5.41, 5.74) is 0.588. The van der Waals surface area contributed by atoms with E-state index < -0.39 is 0 Å². The van der Waals surface area contributed by atoms with Crippen LogP contribution in [0.1, 0.15) is 30.6 Å². The Balaban J connectivity index is 0.000000325. The van der Waals surface area contributed by atoms with Gasteiger partial charge >= 0.3 is 5.97 Å². The second kappa shape index (κ2) is 8.92. The molecule has 0 aliphatic carbocycles. The van der Waals surface area contributed by atoms with Gasteiger partial charge in [0.15, 0.2) is 0 Å². The molecule has 1 atom stereocenters. The molecule has 0 aliphatic rings. The average molecular weight is 224 g/mol. The average Bonchev–Trinajstić information content (AvgIpc) is 2.38. The number of carbonyl (C=O) groups is 1. The van der Waals surface area contributed by atoms with Crippen LogP contribution in [0.25, 0.3) is 0 Å². The molecule has 0 saturated carbocycles. The van der Waals surface area contributed by atoms with E-state index in [1.807, 2.05) is 13.0 Å². The molecule has 0 heterocycles. The third-order valence-corrected chi connectivity index (χ3v) is 2.20. The van der Waals surface area contributed by atoms with Crippen LogP contribution in [0.15, 0.2) is 30.3 Å². The maximum atomic E-state index is 10.8. The minimum absolute atomic E-state index is 0.291. The predicted molar refractivity (Wildman–Crippen MR) is 64.3 cm³/mol. The monoisotopic (exact) mass is 224 g/mol. The van der Waals surface area contributed by atoms with Crippen molar-refractivity contribution in [3.63, 3.8) is 0 Å². The van der Waals surface area contributed by atoms with Crippen LogP contribution in [0.2, 0.25) is 0 Å². The highest BCUT2D eigenvalue weighted by atomic mass is 16.5.